The second-order valence-corrected chi connectivity index (χ2v) is 3.72. The van der Waals surface area contributed by atoms with Gasteiger partial charge in [0.2, 0.25) is 0 Å². The molecular weight excluding hydrogens is 218 g/mol. The maximum absolute atomic E-state index is 11.0. The van der Waals surface area contributed by atoms with Crippen molar-refractivity contribution >= 4 is 21.7 Å². The molecule has 0 aliphatic carbocycles. The Labute approximate surface area is 80.0 Å². The normalized spacial score (nSPS) is 9.83. The second-order valence-electron chi connectivity index (χ2n) is 2.59. The smallest absolute Gasteiger partial charge is 0.176 e. The van der Waals surface area contributed by atoms with Crippen LogP contribution in [0.3, 0.4) is 0 Å². The highest BCUT2D eigenvalue weighted by molar-refractivity contribution is 9.11. The maximum Gasteiger partial charge on any atom is 0.176 e. The molecule has 0 amide bonds. The van der Waals surface area contributed by atoms with E-state index in [9.17, 15) is 4.79 Å². The standard InChI is InChI=1S/C9H10BrNO/c1-7(10)6-11-5-3-4-9(11)8(2)12/h3-5H,1,6H2,2H3. The summed E-state index contributed by atoms with van der Waals surface area (Å²) in [5.41, 5.74) is 0.718. The van der Waals surface area contributed by atoms with E-state index < -0.39 is 0 Å². The Bertz CT molecular complexity index is 314. The van der Waals surface area contributed by atoms with Crippen molar-refractivity contribution < 1.29 is 4.79 Å². The van der Waals surface area contributed by atoms with Crippen LogP contribution in [0.5, 0.6) is 0 Å². The van der Waals surface area contributed by atoms with Crippen LogP contribution < -0.4 is 0 Å². The zero-order chi connectivity index (χ0) is 9.14. The Morgan fingerprint density at radius 2 is 2.42 bits per heavy atom. The highest BCUT2D eigenvalue weighted by atomic mass is 79.9. The molecule has 0 radical (unpaired) electrons. The van der Waals surface area contributed by atoms with Gasteiger partial charge in [0.05, 0.1) is 12.2 Å². The lowest BCUT2D eigenvalue weighted by Crippen LogP contribution is -2.05. The monoisotopic (exact) mass is 227 g/mol. The van der Waals surface area contributed by atoms with Crippen molar-refractivity contribution in [3.05, 3.63) is 35.1 Å². The minimum Gasteiger partial charge on any atom is -0.340 e. The number of hydrogen-bond donors (Lipinski definition) is 0. The van der Waals surface area contributed by atoms with Gasteiger partial charge in [0.1, 0.15) is 0 Å². The van der Waals surface area contributed by atoms with E-state index in [1.54, 1.807) is 13.0 Å². The molecule has 64 valence electrons. The van der Waals surface area contributed by atoms with Gasteiger partial charge in [0, 0.05) is 17.6 Å². The van der Waals surface area contributed by atoms with Crippen LogP contribution >= 0.6 is 15.9 Å². The van der Waals surface area contributed by atoms with Crippen LogP contribution in [0.2, 0.25) is 0 Å². The van der Waals surface area contributed by atoms with E-state index in [1.807, 2.05) is 16.8 Å². The molecule has 1 rings (SSSR count). The Kier molecular flexibility index (Phi) is 2.87. The lowest BCUT2D eigenvalue weighted by Gasteiger charge is -2.04. The minimum absolute atomic E-state index is 0.0775. The first-order chi connectivity index (χ1) is 5.61. The number of halogens is 1. The molecule has 0 spiro atoms. The van der Waals surface area contributed by atoms with Crippen LogP contribution in [-0.4, -0.2) is 10.4 Å². The lowest BCUT2D eigenvalue weighted by atomic mass is 10.3. The van der Waals surface area contributed by atoms with Crippen molar-refractivity contribution in [3.8, 4) is 0 Å². The van der Waals surface area contributed by atoms with E-state index in [4.69, 9.17) is 0 Å². The van der Waals surface area contributed by atoms with Crippen molar-refractivity contribution in [2.75, 3.05) is 0 Å². The highest BCUT2D eigenvalue weighted by Crippen LogP contribution is 2.09. The first-order valence-corrected chi connectivity index (χ1v) is 4.40. The summed E-state index contributed by atoms with van der Waals surface area (Å²) in [6, 6.07) is 3.66. The predicted molar refractivity (Wildman–Crippen MR) is 52.5 cm³/mol. The second kappa shape index (κ2) is 3.72. The molecule has 0 unspecified atom stereocenters. The molecule has 2 nitrogen and oxygen atoms in total. The van der Waals surface area contributed by atoms with Crippen LogP contribution in [0.4, 0.5) is 0 Å². The summed E-state index contributed by atoms with van der Waals surface area (Å²) in [5, 5.41) is 0. The zero-order valence-corrected chi connectivity index (χ0v) is 8.47. The van der Waals surface area contributed by atoms with Gasteiger partial charge < -0.3 is 4.57 Å². The van der Waals surface area contributed by atoms with Crippen LogP contribution in [-0.2, 0) is 6.54 Å². The number of rotatable bonds is 3. The zero-order valence-electron chi connectivity index (χ0n) is 6.88. The van der Waals surface area contributed by atoms with Gasteiger partial charge in [-0.05, 0) is 12.1 Å². The average Bonchev–Trinajstić information content (AvgIpc) is 2.33. The summed E-state index contributed by atoms with van der Waals surface area (Å²) >= 11 is 3.25. The molecule has 12 heavy (non-hydrogen) atoms. The number of ketones is 1. The Morgan fingerprint density at radius 3 is 2.92 bits per heavy atom. The Morgan fingerprint density at radius 1 is 1.75 bits per heavy atom. The third kappa shape index (κ3) is 2.08. The number of aromatic nitrogens is 1. The van der Waals surface area contributed by atoms with Gasteiger partial charge in [0.15, 0.2) is 5.78 Å². The summed E-state index contributed by atoms with van der Waals surface area (Å²) in [6.45, 7) is 5.91. The fraction of sp³-hybridized carbons (Fsp3) is 0.222. The van der Waals surface area contributed by atoms with Crippen LogP contribution in [0, 0.1) is 0 Å². The molecule has 0 bridgehead atoms. The van der Waals surface area contributed by atoms with E-state index >= 15 is 0 Å². The number of carbonyl (C=O) groups excluding carboxylic acids is 1. The van der Waals surface area contributed by atoms with Gasteiger partial charge in [-0.1, -0.05) is 22.5 Å². The first-order valence-electron chi connectivity index (χ1n) is 3.60. The summed E-state index contributed by atoms with van der Waals surface area (Å²) in [6.07, 6.45) is 1.86. The molecule has 0 atom stereocenters. The maximum atomic E-state index is 11.0. The predicted octanol–water partition coefficient (Wildman–Crippen LogP) is 2.60. The summed E-state index contributed by atoms with van der Waals surface area (Å²) in [7, 11) is 0. The largest absolute Gasteiger partial charge is 0.340 e. The van der Waals surface area contributed by atoms with E-state index in [1.165, 1.54) is 0 Å². The SMILES string of the molecule is C=C(Br)Cn1cccc1C(C)=O. The van der Waals surface area contributed by atoms with Gasteiger partial charge in [-0.3, -0.25) is 4.79 Å². The Hall–Kier alpha value is -0.830. The Balaban J connectivity index is 2.91. The topological polar surface area (TPSA) is 22.0 Å². The van der Waals surface area contributed by atoms with Crippen molar-refractivity contribution in [2.45, 2.75) is 13.5 Å². The van der Waals surface area contributed by atoms with Gasteiger partial charge in [-0.2, -0.15) is 0 Å². The summed E-state index contributed by atoms with van der Waals surface area (Å²) in [5.74, 6) is 0.0775. The molecule has 1 aromatic rings. The molecule has 0 aliphatic heterocycles. The van der Waals surface area contributed by atoms with Crippen molar-refractivity contribution in [2.24, 2.45) is 0 Å². The molecule has 0 fully saturated rings. The number of allylic oxidation sites excluding steroid dienone is 1. The van der Waals surface area contributed by atoms with Crippen molar-refractivity contribution in [1.29, 1.82) is 0 Å². The third-order valence-electron chi connectivity index (χ3n) is 1.53. The molecule has 0 saturated heterocycles. The molecule has 1 aromatic heterocycles. The molecule has 0 aliphatic rings. The van der Waals surface area contributed by atoms with E-state index in [2.05, 4.69) is 22.5 Å². The number of Topliss-reactive ketones (excluding diaryl/α,β-unsaturated/α-hetero) is 1. The number of nitrogens with zero attached hydrogens (tertiary/aromatic N) is 1. The van der Waals surface area contributed by atoms with Crippen molar-refractivity contribution in [3.63, 3.8) is 0 Å². The summed E-state index contributed by atoms with van der Waals surface area (Å²) < 4.78 is 2.72. The van der Waals surface area contributed by atoms with Crippen LogP contribution in [0.1, 0.15) is 17.4 Å². The van der Waals surface area contributed by atoms with Gasteiger partial charge in [0.25, 0.3) is 0 Å². The lowest BCUT2D eigenvalue weighted by molar-refractivity contribution is 0.100. The average molecular weight is 228 g/mol. The van der Waals surface area contributed by atoms with Crippen molar-refractivity contribution in [1.82, 2.24) is 4.57 Å². The molecule has 3 heteroatoms. The molecular formula is C9H10BrNO. The van der Waals surface area contributed by atoms with E-state index in [0.29, 0.717) is 6.54 Å². The molecule has 0 aromatic carbocycles. The van der Waals surface area contributed by atoms with Crippen LogP contribution in [0.15, 0.2) is 29.4 Å². The molecule has 0 N–H and O–H groups in total. The van der Waals surface area contributed by atoms with Crippen LogP contribution in [0.25, 0.3) is 0 Å². The minimum atomic E-state index is 0.0775. The van der Waals surface area contributed by atoms with Gasteiger partial charge in [-0.25, -0.2) is 0 Å². The van der Waals surface area contributed by atoms with E-state index in [0.717, 1.165) is 10.2 Å². The number of carbonyl (C=O) groups is 1. The first kappa shape index (κ1) is 9.26. The fourth-order valence-corrected chi connectivity index (χ4v) is 1.33. The van der Waals surface area contributed by atoms with Gasteiger partial charge in [-0.15, -0.1) is 0 Å². The van der Waals surface area contributed by atoms with E-state index in [-0.39, 0.29) is 5.78 Å². The summed E-state index contributed by atoms with van der Waals surface area (Å²) in [4.78, 5) is 11.0. The fourth-order valence-electron chi connectivity index (χ4n) is 1.06. The quantitative estimate of drug-likeness (QED) is 0.729. The molecule has 1 heterocycles. The third-order valence-corrected chi connectivity index (χ3v) is 1.78. The molecule has 0 saturated carbocycles. The highest BCUT2D eigenvalue weighted by Gasteiger charge is 2.04. The van der Waals surface area contributed by atoms with Gasteiger partial charge >= 0.3 is 0 Å². The number of hydrogen-bond acceptors (Lipinski definition) is 1.